The Bertz CT molecular complexity index is 1190. The molecule has 2 amide bonds. The summed E-state index contributed by atoms with van der Waals surface area (Å²) in [6.45, 7) is 3.56. The van der Waals surface area contributed by atoms with E-state index in [0.29, 0.717) is 47.0 Å². The van der Waals surface area contributed by atoms with Gasteiger partial charge in [0.1, 0.15) is 11.6 Å². The van der Waals surface area contributed by atoms with Gasteiger partial charge in [0.15, 0.2) is 5.69 Å². The summed E-state index contributed by atoms with van der Waals surface area (Å²) in [5.41, 5.74) is 3.15. The quantitative estimate of drug-likeness (QED) is 0.452. The monoisotopic (exact) mass is 542 g/mol. The first-order valence-electron chi connectivity index (χ1n) is 11.6. The van der Waals surface area contributed by atoms with E-state index in [1.165, 1.54) is 17.7 Å². The molecule has 0 radical (unpaired) electrons. The fourth-order valence-electron chi connectivity index (χ4n) is 4.16. The molecule has 0 bridgehead atoms. The number of aryl methyl sites for hydroxylation is 1. The number of aromatic nitrogens is 2. The van der Waals surface area contributed by atoms with Gasteiger partial charge >= 0.3 is 0 Å². The van der Waals surface area contributed by atoms with Crippen molar-refractivity contribution in [1.29, 1.82) is 0 Å². The van der Waals surface area contributed by atoms with Crippen molar-refractivity contribution in [2.45, 2.75) is 32.1 Å². The SMILES string of the molecule is Cc1c(Br)c(C(=O)Nc2ccc(C3CCN(C(=O)CCOc4ccc(F)cc4)CC3)cc2)nn1C. The van der Waals surface area contributed by atoms with Crippen molar-refractivity contribution in [3.63, 3.8) is 0 Å². The van der Waals surface area contributed by atoms with Gasteiger partial charge in [0, 0.05) is 25.8 Å². The van der Waals surface area contributed by atoms with Crippen molar-refractivity contribution in [3.8, 4) is 5.75 Å². The van der Waals surface area contributed by atoms with Crippen molar-refractivity contribution in [3.05, 3.63) is 75.8 Å². The Hall–Kier alpha value is -3.20. The summed E-state index contributed by atoms with van der Waals surface area (Å²) >= 11 is 3.43. The molecule has 0 atom stereocenters. The Morgan fingerprint density at radius 2 is 1.77 bits per heavy atom. The molecule has 184 valence electrons. The first-order valence-corrected chi connectivity index (χ1v) is 12.4. The van der Waals surface area contributed by atoms with E-state index in [4.69, 9.17) is 4.74 Å². The highest BCUT2D eigenvalue weighted by Gasteiger charge is 2.24. The third-order valence-corrected chi connectivity index (χ3v) is 7.31. The highest BCUT2D eigenvalue weighted by atomic mass is 79.9. The molecule has 2 aromatic carbocycles. The molecule has 0 saturated carbocycles. The van der Waals surface area contributed by atoms with Crippen molar-refractivity contribution in [1.82, 2.24) is 14.7 Å². The van der Waals surface area contributed by atoms with Gasteiger partial charge < -0.3 is 15.0 Å². The third kappa shape index (κ3) is 6.08. The maximum atomic E-state index is 13.0. The second kappa shape index (κ2) is 11.0. The number of carbonyl (C=O) groups excluding carboxylic acids is 2. The van der Waals surface area contributed by atoms with Crippen molar-refractivity contribution >= 4 is 33.4 Å². The summed E-state index contributed by atoms with van der Waals surface area (Å²) in [7, 11) is 1.80. The van der Waals surface area contributed by atoms with E-state index >= 15 is 0 Å². The van der Waals surface area contributed by atoms with E-state index in [2.05, 4.69) is 26.3 Å². The molecule has 0 unspecified atom stereocenters. The van der Waals surface area contributed by atoms with Gasteiger partial charge in [-0.25, -0.2) is 4.39 Å². The smallest absolute Gasteiger partial charge is 0.277 e. The first kappa shape index (κ1) is 24.9. The Morgan fingerprint density at radius 1 is 1.11 bits per heavy atom. The molecule has 3 aromatic rings. The lowest BCUT2D eigenvalue weighted by atomic mass is 9.89. The Morgan fingerprint density at radius 3 is 2.37 bits per heavy atom. The molecule has 2 heterocycles. The summed E-state index contributed by atoms with van der Waals surface area (Å²) in [6, 6.07) is 13.7. The lowest BCUT2D eigenvalue weighted by Gasteiger charge is -2.32. The van der Waals surface area contributed by atoms with Gasteiger partial charge in [0.2, 0.25) is 5.91 Å². The zero-order valence-electron chi connectivity index (χ0n) is 19.8. The normalized spacial score (nSPS) is 14.1. The van der Waals surface area contributed by atoms with Crippen LogP contribution < -0.4 is 10.1 Å². The fraction of sp³-hybridized carbons (Fsp3) is 0.346. The Balaban J connectivity index is 1.23. The van der Waals surface area contributed by atoms with Crippen LogP contribution >= 0.6 is 15.9 Å². The predicted octanol–water partition coefficient (Wildman–Crippen LogP) is 5.06. The van der Waals surface area contributed by atoms with Crippen LogP contribution in [0.4, 0.5) is 10.1 Å². The number of nitrogens with zero attached hydrogens (tertiary/aromatic N) is 3. The van der Waals surface area contributed by atoms with E-state index in [1.807, 2.05) is 36.1 Å². The molecular weight excluding hydrogens is 515 g/mol. The van der Waals surface area contributed by atoms with Crippen LogP contribution in [0.15, 0.2) is 53.0 Å². The largest absolute Gasteiger partial charge is 0.493 e. The molecular formula is C26H28BrFN4O3. The van der Waals surface area contributed by atoms with Gasteiger partial charge in [-0.2, -0.15) is 5.10 Å². The third-order valence-electron chi connectivity index (χ3n) is 6.36. The lowest BCUT2D eigenvalue weighted by molar-refractivity contribution is -0.132. The van der Waals surface area contributed by atoms with Crippen LogP contribution in [0, 0.1) is 12.7 Å². The number of nitrogens with one attached hydrogen (secondary N) is 1. The summed E-state index contributed by atoms with van der Waals surface area (Å²) in [5.74, 6) is 0.416. The van der Waals surface area contributed by atoms with E-state index in [0.717, 1.165) is 18.5 Å². The number of ether oxygens (including phenoxy) is 1. The van der Waals surface area contributed by atoms with E-state index in [-0.39, 0.29) is 24.2 Å². The molecule has 1 saturated heterocycles. The number of amides is 2. The number of hydrogen-bond acceptors (Lipinski definition) is 4. The zero-order valence-corrected chi connectivity index (χ0v) is 21.3. The summed E-state index contributed by atoms with van der Waals surface area (Å²) in [6.07, 6.45) is 2.06. The minimum absolute atomic E-state index is 0.0690. The molecule has 35 heavy (non-hydrogen) atoms. The minimum Gasteiger partial charge on any atom is -0.493 e. The number of anilines is 1. The van der Waals surface area contributed by atoms with Crippen molar-refractivity contribution < 1.29 is 18.7 Å². The molecule has 1 aromatic heterocycles. The molecule has 0 spiro atoms. The van der Waals surface area contributed by atoms with Crippen LogP contribution in [-0.2, 0) is 11.8 Å². The van der Waals surface area contributed by atoms with E-state index < -0.39 is 0 Å². The summed E-state index contributed by atoms with van der Waals surface area (Å²) in [5, 5.41) is 7.16. The molecule has 1 N–H and O–H groups in total. The van der Waals surface area contributed by atoms with Crippen LogP contribution in [0.5, 0.6) is 5.75 Å². The number of benzene rings is 2. The Labute approximate surface area is 212 Å². The number of hydrogen-bond donors (Lipinski definition) is 1. The second-order valence-electron chi connectivity index (χ2n) is 8.66. The van der Waals surface area contributed by atoms with Gasteiger partial charge in [-0.1, -0.05) is 12.1 Å². The van der Waals surface area contributed by atoms with Gasteiger partial charge in [0.05, 0.1) is 23.2 Å². The zero-order chi connectivity index (χ0) is 24.9. The topological polar surface area (TPSA) is 76.5 Å². The molecule has 0 aliphatic carbocycles. The maximum absolute atomic E-state index is 13.0. The minimum atomic E-state index is -0.316. The Kier molecular flexibility index (Phi) is 7.85. The van der Waals surface area contributed by atoms with Crippen molar-refractivity contribution in [2.24, 2.45) is 7.05 Å². The van der Waals surface area contributed by atoms with Crippen LogP contribution in [0.1, 0.15) is 46.9 Å². The van der Waals surface area contributed by atoms with Gasteiger partial charge in [-0.05, 0) is 83.6 Å². The summed E-state index contributed by atoms with van der Waals surface area (Å²) < 4.78 is 20.9. The fourth-order valence-corrected chi connectivity index (χ4v) is 4.68. The van der Waals surface area contributed by atoms with E-state index in [9.17, 15) is 14.0 Å². The van der Waals surface area contributed by atoms with E-state index in [1.54, 1.807) is 23.9 Å². The number of halogens is 2. The molecule has 4 rings (SSSR count). The van der Waals surface area contributed by atoms with Gasteiger partial charge in [0.25, 0.3) is 5.91 Å². The predicted molar refractivity (Wildman–Crippen MR) is 135 cm³/mol. The molecule has 9 heteroatoms. The average molecular weight is 543 g/mol. The summed E-state index contributed by atoms with van der Waals surface area (Å²) in [4.78, 5) is 27.0. The lowest BCUT2D eigenvalue weighted by Crippen LogP contribution is -2.38. The van der Waals surface area contributed by atoms with Crippen LogP contribution in [0.3, 0.4) is 0 Å². The maximum Gasteiger partial charge on any atom is 0.277 e. The van der Waals surface area contributed by atoms with Gasteiger partial charge in [-0.15, -0.1) is 0 Å². The molecule has 1 aliphatic heterocycles. The average Bonchev–Trinajstić information content (AvgIpc) is 3.13. The van der Waals surface area contributed by atoms with Crippen LogP contribution in [-0.4, -0.2) is 46.2 Å². The number of carbonyl (C=O) groups is 2. The standard InChI is InChI=1S/C26H28BrFN4O3/c1-17-24(27)25(30-31(17)2)26(34)29-21-7-3-18(4-8-21)19-11-14-32(15-12-19)23(33)13-16-35-22-9-5-20(28)6-10-22/h3-10,19H,11-16H2,1-2H3,(H,29,34). The highest BCUT2D eigenvalue weighted by Crippen LogP contribution is 2.29. The van der Waals surface area contributed by atoms with Gasteiger partial charge in [-0.3, -0.25) is 14.3 Å². The van der Waals surface area contributed by atoms with Crippen LogP contribution in [0.2, 0.25) is 0 Å². The number of rotatable bonds is 7. The highest BCUT2D eigenvalue weighted by molar-refractivity contribution is 9.10. The molecule has 7 nitrogen and oxygen atoms in total. The number of piperidine rings is 1. The molecule has 1 fully saturated rings. The molecule has 1 aliphatic rings. The van der Waals surface area contributed by atoms with Crippen LogP contribution in [0.25, 0.3) is 0 Å². The number of likely N-dealkylation sites (tertiary alicyclic amines) is 1. The second-order valence-corrected chi connectivity index (χ2v) is 9.45. The first-order chi connectivity index (χ1) is 16.8. The van der Waals surface area contributed by atoms with Crippen molar-refractivity contribution in [2.75, 3.05) is 25.0 Å².